The van der Waals surface area contributed by atoms with Gasteiger partial charge in [0.25, 0.3) is 6.43 Å². The number of halogens is 3. The van der Waals surface area contributed by atoms with Gasteiger partial charge in [0.15, 0.2) is 0 Å². The third-order valence-corrected chi connectivity index (χ3v) is 2.22. The van der Waals surface area contributed by atoms with Crippen molar-refractivity contribution < 1.29 is 8.78 Å². The molecule has 0 aliphatic rings. The van der Waals surface area contributed by atoms with Crippen LogP contribution < -0.4 is 5.73 Å². The van der Waals surface area contributed by atoms with Gasteiger partial charge in [0.1, 0.15) is 0 Å². The Kier molecular flexibility index (Phi) is 3.81. The lowest BCUT2D eigenvalue weighted by Gasteiger charge is -2.11. The molecule has 0 aliphatic carbocycles. The SMILES string of the molecule is N#CCc1ncc(CCl)c(N)c1C(F)F. The maximum Gasteiger partial charge on any atom is 0.267 e. The highest BCUT2D eigenvalue weighted by Crippen LogP contribution is 2.30. The van der Waals surface area contributed by atoms with Gasteiger partial charge in [-0.25, -0.2) is 8.78 Å². The van der Waals surface area contributed by atoms with Crippen molar-refractivity contribution in [3.63, 3.8) is 0 Å². The second kappa shape index (κ2) is 4.89. The highest BCUT2D eigenvalue weighted by Gasteiger charge is 2.19. The third-order valence-electron chi connectivity index (χ3n) is 1.93. The van der Waals surface area contributed by atoms with Crippen LogP contribution in [-0.2, 0) is 12.3 Å². The van der Waals surface area contributed by atoms with Crippen LogP contribution in [0, 0.1) is 11.3 Å². The average Bonchev–Trinajstić information content (AvgIpc) is 2.18. The van der Waals surface area contributed by atoms with Crippen LogP contribution in [0.15, 0.2) is 6.20 Å². The van der Waals surface area contributed by atoms with Crippen LogP contribution >= 0.6 is 11.6 Å². The van der Waals surface area contributed by atoms with E-state index >= 15 is 0 Å². The van der Waals surface area contributed by atoms with Crippen molar-refractivity contribution >= 4 is 17.3 Å². The van der Waals surface area contributed by atoms with Crippen molar-refractivity contribution in [2.24, 2.45) is 0 Å². The summed E-state index contributed by atoms with van der Waals surface area (Å²) in [4.78, 5) is 3.75. The summed E-state index contributed by atoms with van der Waals surface area (Å²) in [5.74, 6) is 0.0192. The van der Waals surface area contributed by atoms with Gasteiger partial charge in [-0.3, -0.25) is 4.98 Å². The van der Waals surface area contributed by atoms with Crippen LogP contribution in [0.5, 0.6) is 0 Å². The molecule has 1 heterocycles. The Bertz CT molecular complexity index is 401. The fourth-order valence-electron chi connectivity index (χ4n) is 1.19. The number of nitrogen functional groups attached to an aromatic ring is 1. The normalized spacial score (nSPS) is 10.3. The second-order valence-electron chi connectivity index (χ2n) is 2.83. The van der Waals surface area contributed by atoms with E-state index in [9.17, 15) is 8.78 Å². The number of hydrogen-bond donors (Lipinski definition) is 1. The first-order chi connectivity index (χ1) is 7.11. The second-order valence-corrected chi connectivity index (χ2v) is 3.09. The zero-order valence-corrected chi connectivity index (χ0v) is 8.43. The van der Waals surface area contributed by atoms with Gasteiger partial charge < -0.3 is 5.73 Å². The molecule has 1 rings (SSSR count). The molecule has 0 unspecified atom stereocenters. The molecule has 0 atom stereocenters. The summed E-state index contributed by atoms with van der Waals surface area (Å²) in [5, 5.41) is 8.44. The Hall–Kier alpha value is -1.41. The lowest BCUT2D eigenvalue weighted by atomic mass is 10.1. The van der Waals surface area contributed by atoms with Gasteiger partial charge in [0.2, 0.25) is 0 Å². The Morgan fingerprint density at radius 2 is 2.27 bits per heavy atom. The standard InChI is InChI=1S/C9H8ClF2N3/c10-3-5-4-15-6(1-2-13)7(8(5)14)9(11)12/h4,9H,1,3H2,(H2,14,15). The molecule has 0 aliphatic heterocycles. The smallest absolute Gasteiger partial charge is 0.267 e. The molecule has 3 nitrogen and oxygen atoms in total. The van der Waals surface area contributed by atoms with E-state index in [1.54, 1.807) is 6.07 Å². The van der Waals surface area contributed by atoms with Crippen LogP contribution in [-0.4, -0.2) is 4.98 Å². The molecule has 80 valence electrons. The molecular weight excluding hydrogens is 224 g/mol. The number of pyridine rings is 1. The Labute approximate surface area is 90.5 Å². The molecular formula is C9H8ClF2N3. The van der Waals surface area contributed by atoms with Gasteiger partial charge in [0.05, 0.1) is 29.6 Å². The first-order valence-corrected chi connectivity index (χ1v) is 4.62. The number of nitriles is 1. The van der Waals surface area contributed by atoms with Crippen molar-refractivity contribution in [1.29, 1.82) is 5.26 Å². The summed E-state index contributed by atoms with van der Waals surface area (Å²) in [5.41, 5.74) is 5.43. The number of hydrogen-bond acceptors (Lipinski definition) is 3. The Morgan fingerprint density at radius 3 is 2.73 bits per heavy atom. The molecule has 0 bridgehead atoms. The van der Waals surface area contributed by atoms with E-state index in [2.05, 4.69) is 4.98 Å². The third kappa shape index (κ3) is 2.34. The number of rotatable bonds is 3. The lowest BCUT2D eigenvalue weighted by Crippen LogP contribution is -2.06. The van der Waals surface area contributed by atoms with Gasteiger partial charge in [-0.1, -0.05) is 0 Å². The largest absolute Gasteiger partial charge is 0.398 e. The van der Waals surface area contributed by atoms with Gasteiger partial charge in [0, 0.05) is 17.4 Å². The van der Waals surface area contributed by atoms with Gasteiger partial charge in [-0.05, 0) is 0 Å². The molecule has 6 heteroatoms. The van der Waals surface area contributed by atoms with E-state index in [4.69, 9.17) is 22.6 Å². The van der Waals surface area contributed by atoms with E-state index in [0.717, 1.165) is 0 Å². The van der Waals surface area contributed by atoms with E-state index in [-0.39, 0.29) is 29.2 Å². The molecule has 0 aromatic carbocycles. The molecule has 1 aromatic rings. The van der Waals surface area contributed by atoms with Crippen molar-refractivity contribution in [2.75, 3.05) is 5.73 Å². The monoisotopic (exact) mass is 231 g/mol. The number of nitrogens with zero attached hydrogens (tertiary/aromatic N) is 2. The summed E-state index contributed by atoms with van der Waals surface area (Å²) in [6.07, 6.45) is -1.61. The van der Waals surface area contributed by atoms with E-state index in [1.807, 2.05) is 0 Å². The van der Waals surface area contributed by atoms with Crippen molar-refractivity contribution in [2.45, 2.75) is 18.7 Å². The van der Waals surface area contributed by atoms with Crippen molar-refractivity contribution in [1.82, 2.24) is 4.98 Å². The van der Waals surface area contributed by atoms with Crippen LogP contribution in [0.4, 0.5) is 14.5 Å². The van der Waals surface area contributed by atoms with Crippen LogP contribution in [0.3, 0.4) is 0 Å². The van der Waals surface area contributed by atoms with Gasteiger partial charge in [-0.15, -0.1) is 11.6 Å². The minimum atomic E-state index is -2.75. The van der Waals surface area contributed by atoms with E-state index in [1.165, 1.54) is 6.20 Å². The number of nitrogens with two attached hydrogens (primary N) is 1. The fraction of sp³-hybridized carbons (Fsp3) is 0.333. The molecule has 0 spiro atoms. The summed E-state index contributed by atoms with van der Waals surface area (Å²) in [7, 11) is 0. The minimum Gasteiger partial charge on any atom is -0.398 e. The predicted molar refractivity (Wildman–Crippen MR) is 52.5 cm³/mol. The fourth-order valence-corrected chi connectivity index (χ4v) is 1.40. The molecule has 2 N–H and O–H groups in total. The molecule has 1 aromatic heterocycles. The number of aromatic nitrogens is 1. The van der Waals surface area contributed by atoms with E-state index < -0.39 is 6.43 Å². The first kappa shape index (κ1) is 11.7. The van der Waals surface area contributed by atoms with Crippen LogP contribution in [0.2, 0.25) is 0 Å². The zero-order valence-electron chi connectivity index (χ0n) is 7.67. The zero-order chi connectivity index (χ0) is 11.4. The van der Waals surface area contributed by atoms with E-state index in [0.29, 0.717) is 5.56 Å². The summed E-state index contributed by atoms with van der Waals surface area (Å²) in [6.45, 7) is 0. The molecule has 0 saturated carbocycles. The molecule has 0 radical (unpaired) electrons. The Balaban J connectivity index is 3.32. The quantitative estimate of drug-likeness (QED) is 0.813. The number of alkyl halides is 3. The molecule has 0 amide bonds. The Morgan fingerprint density at radius 1 is 1.60 bits per heavy atom. The minimum absolute atomic E-state index is 0.0128. The predicted octanol–water partition coefficient (Wildman–Crippen LogP) is 2.41. The topological polar surface area (TPSA) is 62.7 Å². The molecule has 15 heavy (non-hydrogen) atoms. The van der Waals surface area contributed by atoms with Gasteiger partial charge >= 0.3 is 0 Å². The maximum absolute atomic E-state index is 12.7. The summed E-state index contributed by atoms with van der Waals surface area (Å²) >= 11 is 5.51. The van der Waals surface area contributed by atoms with Crippen molar-refractivity contribution in [3.8, 4) is 6.07 Å². The number of anilines is 1. The summed E-state index contributed by atoms with van der Waals surface area (Å²) in [6, 6.07) is 1.76. The van der Waals surface area contributed by atoms with Gasteiger partial charge in [-0.2, -0.15) is 5.26 Å². The highest BCUT2D eigenvalue weighted by molar-refractivity contribution is 6.17. The first-order valence-electron chi connectivity index (χ1n) is 4.09. The van der Waals surface area contributed by atoms with Crippen molar-refractivity contribution in [3.05, 3.63) is 23.0 Å². The van der Waals surface area contributed by atoms with Crippen LogP contribution in [0.25, 0.3) is 0 Å². The lowest BCUT2D eigenvalue weighted by molar-refractivity contribution is 0.150. The molecule has 0 fully saturated rings. The van der Waals surface area contributed by atoms with Crippen LogP contribution in [0.1, 0.15) is 23.2 Å². The maximum atomic E-state index is 12.7. The summed E-state index contributed by atoms with van der Waals surface area (Å²) < 4.78 is 25.3. The average molecular weight is 232 g/mol. The highest BCUT2D eigenvalue weighted by atomic mass is 35.5. The molecule has 0 saturated heterocycles.